The first-order valence-electron chi connectivity index (χ1n) is 8.44. The molecule has 2 heterocycles. The Bertz CT molecular complexity index is 798. The largest absolute Gasteiger partial charge is 0.468 e. The van der Waals surface area contributed by atoms with Gasteiger partial charge in [0.1, 0.15) is 11.6 Å². The van der Waals surface area contributed by atoms with Crippen molar-refractivity contribution in [2.75, 3.05) is 19.6 Å². The number of benzene rings is 1. The first-order chi connectivity index (χ1) is 11.9. The maximum absolute atomic E-state index is 13.4. The monoisotopic (exact) mass is 366 g/mol. The van der Waals surface area contributed by atoms with Crippen LogP contribution in [0, 0.1) is 18.7 Å². The summed E-state index contributed by atoms with van der Waals surface area (Å²) in [4.78, 5) is 2.32. The van der Waals surface area contributed by atoms with E-state index in [1.54, 1.807) is 13.2 Å². The van der Waals surface area contributed by atoms with E-state index < -0.39 is 15.8 Å². The van der Waals surface area contributed by atoms with Gasteiger partial charge in [-0.1, -0.05) is 6.07 Å². The molecule has 0 radical (unpaired) electrons. The molecule has 0 saturated carbocycles. The molecule has 1 aliphatic rings. The maximum Gasteiger partial charge on any atom is 0.240 e. The highest BCUT2D eigenvalue weighted by molar-refractivity contribution is 7.89. The third-order valence-electron chi connectivity index (χ3n) is 4.67. The third-order valence-corrected chi connectivity index (χ3v) is 6.23. The molecule has 136 valence electrons. The molecule has 0 aliphatic carbocycles. The average Bonchev–Trinajstić information content (AvgIpc) is 3.09. The number of hydrogen-bond acceptors (Lipinski definition) is 4. The van der Waals surface area contributed by atoms with Gasteiger partial charge >= 0.3 is 0 Å². The molecule has 1 fully saturated rings. The van der Waals surface area contributed by atoms with Crippen LogP contribution >= 0.6 is 0 Å². The first kappa shape index (κ1) is 18.1. The van der Waals surface area contributed by atoms with Crippen LogP contribution in [-0.2, 0) is 16.6 Å². The molecule has 0 unspecified atom stereocenters. The van der Waals surface area contributed by atoms with E-state index >= 15 is 0 Å². The quantitative estimate of drug-likeness (QED) is 0.854. The summed E-state index contributed by atoms with van der Waals surface area (Å²) in [6.45, 7) is 4.65. The molecular formula is C18H23FN2O3S. The Morgan fingerprint density at radius 1 is 1.28 bits per heavy atom. The molecule has 0 atom stereocenters. The molecule has 7 heteroatoms. The predicted molar refractivity (Wildman–Crippen MR) is 93.0 cm³/mol. The van der Waals surface area contributed by atoms with Crippen LogP contribution in [0.4, 0.5) is 4.39 Å². The van der Waals surface area contributed by atoms with Gasteiger partial charge in [-0.2, -0.15) is 0 Å². The molecule has 0 bridgehead atoms. The Labute approximate surface area is 147 Å². The average molecular weight is 366 g/mol. The van der Waals surface area contributed by atoms with E-state index in [9.17, 15) is 12.8 Å². The number of sulfonamides is 1. The standard InChI is InChI=1S/C18H23FN2O3S/c1-14-4-5-16(19)11-18(14)25(22,23)20-12-15-6-8-21(9-7-15)13-17-3-2-10-24-17/h2-5,10-11,15,20H,6-9,12-13H2,1H3. The SMILES string of the molecule is Cc1ccc(F)cc1S(=O)(=O)NCC1CCN(Cc2ccco2)CC1. The molecular weight excluding hydrogens is 343 g/mol. The van der Waals surface area contributed by atoms with Crippen LogP contribution < -0.4 is 4.72 Å². The smallest absolute Gasteiger partial charge is 0.240 e. The fourth-order valence-corrected chi connectivity index (χ4v) is 4.51. The topological polar surface area (TPSA) is 62.6 Å². The minimum atomic E-state index is -3.69. The van der Waals surface area contributed by atoms with E-state index in [-0.39, 0.29) is 10.8 Å². The molecule has 1 N–H and O–H groups in total. The van der Waals surface area contributed by atoms with Gasteiger partial charge < -0.3 is 4.42 Å². The number of likely N-dealkylation sites (tertiary alicyclic amines) is 1. The second kappa shape index (κ2) is 7.68. The molecule has 0 amide bonds. The number of nitrogens with one attached hydrogen (secondary N) is 1. The summed E-state index contributed by atoms with van der Waals surface area (Å²) in [6.07, 6.45) is 3.52. The Morgan fingerprint density at radius 3 is 2.72 bits per heavy atom. The number of furan rings is 1. The Kier molecular flexibility index (Phi) is 5.56. The van der Waals surface area contributed by atoms with E-state index in [4.69, 9.17) is 4.42 Å². The predicted octanol–water partition coefficient (Wildman–Crippen LogP) is 2.92. The fourth-order valence-electron chi connectivity index (χ4n) is 3.14. The van der Waals surface area contributed by atoms with Gasteiger partial charge in [0.2, 0.25) is 10.0 Å². The van der Waals surface area contributed by atoms with Gasteiger partial charge in [0, 0.05) is 6.54 Å². The zero-order chi connectivity index (χ0) is 17.9. The highest BCUT2D eigenvalue weighted by atomic mass is 32.2. The molecule has 0 spiro atoms. The van der Waals surface area contributed by atoms with Crippen LogP contribution in [0.2, 0.25) is 0 Å². The van der Waals surface area contributed by atoms with Crippen molar-refractivity contribution < 1.29 is 17.2 Å². The molecule has 5 nitrogen and oxygen atoms in total. The van der Waals surface area contributed by atoms with Crippen molar-refractivity contribution >= 4 is 10.0 Å². The summed E-state index contributed by atoms with van der Waals surface area (Å²) < 4.78 is 46.2. The minimum Gasteiger partial charge on any atom is -0.468 e. The Hall–Kier alpha value is -1.70. The van der Waals surface area contributed by atoms with Crippen LogP contribution in [-0.4, -0.2) is 33.0 Å². The van der Waals surface area contributed by atoms with Gasteiger partial charge in [-0.15, -0.1) is 0 Å². The van der Waals surface area contributed by atoms with Gasteiger partial charge in [-0.05, 0) is 68.6 Å². The van der Waals surface area contributed by atoms with Crippen molar-refractivity contribution in [3.05, 3.63) is 53.7 Å². The second-order valence-electron chi connectivity index (χ2n) is 6.56. The zero-order valence-electron chi connectivity index (χ0n) is 14.2. The normalized spacial score (nSPS) is 17.0. The third kappa shape index (κ3) is 4.68. The summed E-state index contributed by atoms with van der Waals surface area (Å²) in [5, 5.41) is 0. The van der Waals surface area contributed by atoms with Crippen molar-refractivity contribution in [1.29, 1.82) is 0 Å². The number of halogens is 1. The number of aryl methyl sites for hydroxylation is 1. The summed E-state index contributed by atoms with van der Waals surface area (Å²) in [7, 11) is -3.69. The number of nitrogens with zero attached hydrogens (tertiary/aromatic N) is 1. The van der Waals surface area contributed by atoms with E-state index in [1.807, 2.05) is 12.1 Å². The molecule has 1 saturated heterocycles. The summed E-state index contributed by atoms with van der Waals surface area (Å²) in [6, 6.07) is 7.66. The van der Waals surface area contributed by atoms with Crippen LogP contribution in [0.1, 0.15) is 24.2 Å². The van der Waals surface area contributed by atoms with E-state index in [2.05, 4.69) is 9.62 Å². The summed E-state index contributed by atoms with van der Waals surface area (Å²) >= 11 is 0. The van der Waals surface area contributed by atoms with Gasteiger partial charge in [0.15, 0.2) is 0 Å². The number of hydrogen-bond donors (Lipinski definition) is 1. The van der Waals surface area contributed by atoms with Crippen molar-refractivity contribution in [3.8, 4) is 0 Å². The highest BCUT2D eigenvalue weighted by Gasteiger charge is 2.23. The van der Waals surface area contributed by atoms with Crippen molar-refractivity contribution in [2.45, 2.75) is 31.2 Å². The number of piperidine rings is 1. The van der Waals surface area contributed by atoms with Crippen molar-refractivity contribution in [2.24, 2.45) is 5.92 Å². The Balaban J connectivity index is 1.51. The second-order valence-corrected chi connectivity index (χ2v) is 8.30. The van der Waals surface area contributed by atoms with Gasteiger partial charge in [0.25, 0.3) is 0 Å². The van der Waals surface area contributed by atoms with E-state index in [0.717, 1.165) is 44.3 Å². The molecule has 2 aromatic rings. The lowest BCUT2D eigenvalue weighted by Gasteiger charge is -2.31. The van der Waals surface area contributed by atoms with Crippen LogP contribution in [0.25, 0.3) is 0 Å². The summed E-state index contributed by atoms with van der Waals surface area (Å²) in [5.74, 6) is 0.689. The lowest BCUT2D eigenvalue weighted by molar-refractivity contribution is 0.168. The zero-order valence-corrected chi connectivity index (χ0v) is 15.1. The first-order valence-corrected chi connectivity index (χ1v) is 9.93. The molecule has 1 aromatic carbocycles. The molecule has 3 rings (SSSR count). The van der Waals surface area contributed by atoms with E-state index in [1.165, 1.54) is 12.1 Å². The minimum absolute atomic E-state index is 0.0164. The van der Waals surface area contributed by atoms with Gasteiger partial charge in [-0.25, -0.2) is 17.5 Å². The van der Waals surface area contributed by atoms with Gasteiger partial charge in [0.05, 0.1) is 17.7 Å². The van der Waals surface area contributed by atoms with Crippen molar-refractivity contribution in [1.82, 2.24) is 9.62 Å². The highest BCUT2D eigenvalue weighted by Crippen LogP contribution is 2.21. The lowest BCUT2D eigenvalue weighted by atomic mass is 9.97. The fraction of sp³-hybridized carbons (Fsp3) is 0.444. The molecule has 25 heavy (non-hydrogen) atoms. The van der Waals surface area contributed by atoms with Crippen LogP contribution in [0.3, 0.4) is 0 Å². The van der Waals surface area contributed by atoms with Crippen LogP contribution in [0.5, 0.6) is 0 Å². The summed E-state index contributed by atoms with van der Waals surface area (Å²) in [5.41, 5.74) is 0.544. The van der Waals surface area contributed by atoms with E-state index in [0.29, 0.717) is 12.1 Å². The maximum atomic E-state index is 13.4. The van der Waals surface area contributed by atoms with Crippen molar-refractivity contribution in [3.63, 3.8) is 0 Å². The van der Waals surface area contributed by atoms with Gasteiger partial charge in [-0.3, -0.25) is 4.90 Å². The van der Waals surface area contributed by atoms with Crippen LogP contribution in [0.15, 0.2) is 45.9 Å². The number of rotatable bonds is 6. The lowest BCUT2D eigenvalue weighted by Crippen LogP contribution is -2.38. The molecule has 1 aromatic heterocycles. The molecule has 1 aliphatic heterocycles. The Morgan fingerprint density at radius 2 is 2.04 bits per heavy atom.